The zero-order chi connectivity index (χ0) is 16.2. The number of halogens is 4. The number of nitrogens with one attached hydrogen (secondary N) is 1. The molecule has 2 nitrogen and oxygen atoms in total. The van der Waals surface area contributed by atoms with Crippen molar-refractivity contribution in [2.45, 2.75) is 6.18 Å². The highest BCUT2D eigenvalue weighted by Gasteiger charge is 2.33. The van der Waals surface area contributed by atoms with Gasteiger partial charge >= 0.3 is 6.18 Å². The molecule has 0 unspecified atom stereocenters. The summed E-state index contributed by atoms with van der Waals surface area (Å²) in [4.78, 5) is 11.8. The van der Waals surface area contributed by atoms with Crippen LogP contribution in [0.25, 0.3) is 6.08 Å². The molecule has 6 heteroatoms. The summed E-state index contributed by atoms with van der Waals surface area (Å²) in [6, 6.07) is 12.0. The summed E-state index contributed by atoms with van der Waals surface area (Å²) in [5, 5.41) is 2.24. The fraction of sp³-hybridized carbons (Fsp3) is 0.0625. The Labute approximate surface area is 133 Å². The molecule has 1 amide bonds. The van der Waals surface area contributed by atoms with Gasteiger partial charge in [0, 0.05) is 10.5 Å². The number of hydrogen-bond donors (Lipinski definition) is 1. The van der Waals surface area contributed by atoms with Crippen LogP contribution in [0.1, 0.15) is 11.1 Å². The summed E-state index contributed by atoms with van der Waals surface area (Å²) in [5.41, 5.74) is -0.372. The Hall–Kier alpha value is -2.08. The molecule has 114 valence electrons. The van der Waals surface area contributed by atoms with Crippen molar-refractivity contribution < 1.29 is 18.0 Å². The number of hydrogen-bond acceptors (Lipinski definition) is 1. The number of anilines is 1. The molecule has 0 aliphatic rings. The number of amides is 1. The molecule has 0 bridgehead atoms. The van der Waals surface area contributed by atoms with Crippen LogP contribution in [0, 0.1) is 0 Å². The maximum atomic E-state index is 12.8. The van der Waals surface area contributed by atoms with E-state index < -0.39 is 17.6 Å². The maximum absolute atomic E-state index is 12.8. The van der Waals surface area contributed by atoms with Crippen LogP contribution in [0.3, 0.4) is 0 Å². The van der Waals surface area contributed by atoms with E-state index in [0.29, 0.717) is 0 Å². The van der Waals surface area contributed by atoms with Gasteiger partial charge in [0.2, 0.25) is 5.91 Å². The largest absolute Gasteiger partial charge is 0.418 e. The summed E-state index contributed by atoms with van der Waals surface area (Å²) in [6.45, 7) is 0. The van der Waals surface area contributed by atoms with E-state index >= 15 is 0 Å². The number of alkyl halides is 3. The Balaban J connectivity index is 2.11. The highest BCUT2D eigenvalue weighted by Crippen LogP contribution is 2.34. The minimum absolute atomic E-state index is 0.263. The summed E-state index contributed by atoms with van der Waals surface area (Å²) in [5.74, 6) is -0.625. The van der Waals surface area contributed by atoms with E-state index in [1.807, 2.05) is 0 Å². The Bertz CT molecular complexity index is 693. The molecular formula is C16H11BrF3NO. The average Bonchev–Trinajstić information content (AvgIpc) is 2.46. The first-order chi connectivity index (χ1) is 10.4. The highest BCUT2D eigenvalue weighted by atomic mass is 79.9. The summed E-state index contributed by atoms with van der Waals surface area (Å²) < 4.78 is 39.3. The van der Waals surface area contributed by atoms with Gasteiger partial charge in [0.1, 0.15) is 0 Å². The van der Waals surface area contributed by atoms with Gasteiger partial charge in [-0.2, -0.15) is 13.2 Å². The van der Waals surface area contributed by atoms with Gasteiger partial charge in [-0.05, 0) is 35.9 Å². The molecule has 0 aromatic heterocycles. The van der Waals surface area contributed by atoms with Crippen molar-refractivity contribution >= 4 is 33.6 Å². The highest BCUT2D eigenvalue weighted by molar-refractivity contribution is 9.10. The molecule has 0 saturated carbocycles. The molecule has 2 aromatic carbocycles. The Morgan fingerprint density at radius 3 is 2.32 bits per heavy atom. The lowest BCUT2D eigenvalue weighted by Gasteiger charge is -2.12. The van der Waals surface area contributed by atoms with Crippen LogP contribution in [0.15, 0.2) is 59.1 Å². The standard InChI is InChI=1S/C16H11BrF3NO/c17-12-8-5-11(6-9-12)7-10-15(22)21-14-4-2-1-3-13(14)16(18,19)20/h1-10H,(H,21,22)/b10-7-. The van der Waals surface area contributed by atoms with E-state index in [1.54, 1.807) is 24.3 Å². The van der Waals surface area contributed by atoms with E-state index in [0.717, 1.165) is 16.1 Å². The van der Waals surface area contributed by atoms with Gasteiger partial charge in [-0.15, -0.1) is 0 Å². The third-order valence-electron chi connectivity index (χ3n) is 2.79. The maximum Gasteiger partial charge on any atom is 0.418 e. The van der Waals surface area contributed by atoms with Crippen LogP contribution >= 0.6 is 15.9 Å². The topological polar surface area (TPSA) is 29.1 Å². The van der Waals surface area contributed by atoms with Gasteiger partial charge in [-0.25, -0.2) is 0 Å². The molecule has 0 atom stereocenters. The normalized spacial score (nSPS) is 11.6. The van der Waals surface area contributed by atoms with Gasteiger partial charge in [0.25, 0.3) is 0 Å². The Morgan fingerprint density at radius 1 is 1.05 bits per heavy atom. The molecule has 22 heavy (non-hydrogen) atoms. The molecular weight excluding hydrogens is 359 g/mol. The molecule has 0 fully saturated rings. The molecule has 1 N–H and O–H groups in total. The molecule has 2 aromatic rings. The van der Waals surface area contributed by atoms with Crippen LogP contribution in [0.2, 0.25) is 0 Å². The molecule has 0 spiro atoms. The third kappa shape index (κ3) is 4.46. The SMILES string of the molecule is O=C(/C=C\c1ccc(Br)cc1)Nc1ccccc1C(F)(F)F. The zero-order valence-corrected chi connectivity index (χ0v) is 12.8. The minimum atomic E-state index is -4.51. The van der Waals surface area contributed by atoms with Gasteiger partial charge in [-0.3, -0.25) is 4.79 Å². The average molecular weight is 370 g/mol. The third-order valence-corrected chi connectivity index (χ3v) is 3.32. The van der Waals surface area contributed by atoms with Gasteiger partial charge in [0.15, 0.2) is 0 Å². The molecule has 0 aliphatic heterocycles. The monoisotopic (exact) mass is 369 g/mol. The number of carbonyl (C=O) groups is 1. The second-order valence-corrected chi connectivity index (χ2v) is 5.33. The Kier molecular flexibility index (Phi) is 5.03. The van der Waals surface area contributed by atoms with E-state index in [-0.39, 0.29) is 5.69 Å². The predicted octanol–water partition coefficient (Wildman–Crippen LogP) is 5.12. The first-order valence-corrected chi connectivity index (χ1v) is 7.06. The first-order valence-electron chi connectivity index (χ1n) is 6.27. The number of carbonyl (C=O) groups excluding carboxylic acids is 1. The first kappa shape index (κ1) is 16.3. The van der Waals surface area contributed by atoms with Crippen LogP contribution in [-0.2, 0) is 11.0 Å². The lowest BCUT2D eigenvalue weighted by atomic mass is 10.1. The van der Waals surface area contributed by atoms with Crippen molar-refractivity contribution in [2.75, 3.05) is 5.32 Å². The van der Waals surface area contributed by atoms with Crippen LogP contribution in [0.4, 0.5) is 18.9 Å². The Morgan fingerprint density at radius 2 is 1.68 bits per heavy atom. The van der Waals surface area contributed by atoms with Crippen molar-refractivity contribution in [2.24, 2.45) is 0 Å². The summed E-state index contributed by atoms with van der Waals surface area (Å²) >= 11 is 3.29. The quantitative estimate of drug-likeness (QED) is 0.747. The summed E-state index contributed by atoms with van der Waals surface area (Å²) in [7, 11) is 0. The predicted molar refractivity (Wildman–Crippen MR) is 83.2 cm³/mol. The van der Waals surface area contributed by atoms with E-state index in [2.05, 4.69) is 21.2 Å². The van der Waals surface area contributed by atoms with Crippen molar-refractivity contribution in [3.63, 3.8) is 0 Å². The van der Waals surface area contributed by atoms with Gasteiger partial charge in [-0.1, -0.05) is 40.2 Å². The fourth-order valence-corrected chi connectivity index (χ4v) is 2.02. The molecule has 2 rings (SSSR count). The number of benzene rings is 2. The van der Waals surface area contributed by atoms with Crippen molar-refractivity contribution in [1.82, 2.24) is 0 Å². The molecule has 0 radical (unpaired) electrons. The van der Waals surface area contributed by atoms with E-state index in [1.165, 1.54) is 30.4 Å². The van der Waals surface area contributed by atoms with Crippen molar-refractivity contribution in [1.29, 1.82) is 0 Å². The van der Waals surface area contributed by atoms with Crippen LogP contribution in [0.5, 0.6) is 0 Å². The van der Waals surface area contributed by atoms with E-state index in [9.17, 15) is 18.0 Å². The number of para-hydroxylation sites is 1. The van der Waals surface area contributed by atoms with Gasteiger partial charge in [0.05, 0.1) is 11.3 Å². The lowest BCUT2D eigenvalue weighted by Crippen LogP contribution is -2.14. The van der Waals surface area contributed by atoms with E-state index in [4.69, 9.17) is 0 Å². The lowest BCUT2D eigenvalue weighted by molar-refractivity contribution is -0.136. The molecule has 0 heterocycles. The van der Waals surface area contributed by atoms with Crippen molar-refractivity contribution in [3.8, 4) is 0 Å². The second-order valence-electron chi connectivity index (χ2n) is 4.42. The van der Waals surface area contributed by atoms with Crippen LogP contribution < -0.4 is 5.32 Å². The second kappa shape index (κ2) is 6.79. The van der Waals surface area contributed by atoms with Gasteiger partial charge < -0.3 is 5.32 Å². The fourth-order valence-electron chi connectivity index (χ4n) is 1.76. The van der Waals surface area contributed by atoms with Crippen molar-refractivity contribution in [3.05, 3.63) is 70.2 Å². The zero-order valence-electron chi connectivity index (χ0n) is 11.2. The van der Waals surface area contributed by atoms with Crippen LogP contribution in [-0.4, -0.2) is 5.91 Å². The molecule has 0 saturated heterocycles. The molecule has 0 aliphatic carbocycles. The summed E-state index contributed by atoms with van der Waals surface area (Å²) in [6.07, 6.45) is -1.80. The number of rotatable bonds is 3. The smallest absolute Gasteiger partial charge is 0.322 e. The minimum Gasteiger partial charge on any atom is -0.322 e.